The Balaban J connectivity index is 1.54. The van der Waals surface area contributed by atoms with Gasteiger partial charge in [0.1, 0.15) is 0 Å². The second-order valence-corrected chi connectivity index (χ2v) is 8.76. The number of piperidine rings is 1. The molecule has 3 aromatic rings. The van der Waals surface area contributed by atoms with Crippen molar-refractivity contribution in [3.05, 3.63) is 41.4 Å². The largest absolute Gasteiger partial charge is 0.371 e. The third-order valence-electron chi connectivity index (χ3n) is 5.92. The average Bonchev–Trinajstić information content (AvgIpc) is 3.16. The molecule has 1 fully saturated rings. The maximum atomic E-state index is 6.22. The highest BCUT2D eigenvalue weighted by Crippen LogP contribution is 2.28. The first-order chi connectivity index (χ1) is 14.4. The first kappa shape index (κ1) is 20.9. The van der Waals surface area contributed by atoms with Crippen LogP contribution in [0.25, 0.3) is 11.2 Å². The molecule has 0 amide bonds. The Morgan fingerprint density at radius 2 is 1.90 bits per heavy atom. The molecule has 0 unspecified atom stereocenters. The van der Waals surface area contributed by atoms with Gasteiger partial charge < -0.3 is 19.7 Å². The molecule has 3 heterocycles. The van der Waals surface area contributed by atoms with E-state index < -0.39 is 0 Å². The summed E-state index contributed by atoms with van der Waals surface area (Å²) in [7, 11) is 4.35. The molecule has 7 nitrogen and oxygen atoms in total. The summed E-state index contributed by atoms with van der Waals surface area (Å²) < 4.78 is 2.01. The van der Waals surface area contributed by atoms with Crippen molar-refractivity contribution in [2.24, 2.45) is 0 Å². The molecule has 0 radical (unpaired) electrons. The minimum Gasteiger partial charge on any atom is -0.371 e. The fraction of sp³-hybridized carbons (Fsp3) is 0.500. The van der Waals surface area contributed by atoms with Crippen LogP contribution in [0.1, 0.15) is 38.3 Å². The highest BCUT2D eigenvalue weighted by molar-refractivity contribution is 6.28. The smallest absolute Gasteiger partial charge is 0.226 e. The maximum absolute atomic E-state index is 6.22. The number of fused-ring (bicyclic) bond motifs is 1. The van der Waals surface area contributed by atoms with Crippen LogP contribution in [0.5, 0.6) is 0 Å². The van der Waals surface area contributed by atoms with E-state index in [1.807, 2.05) is 4.57 Å². The molecule has 1 aliphatic rings. The molecular formula is C22H30ClN7. The van der Waals surface area contributed by atoms with Gasteiger partial charge in [-0.1, -0.05) is 18.2 Å². The van der Waals surface area contributed by atoms with Crippen molar-refractivity contribution in [2.45, 2.75) is 45.3 Å². The molecule has 30 heavy (non-hydrogen) atoms. The van der Waals surface area contributed by atoms with Crippen molar-refractivity contribution in [1.82, 2.24) is 24.4 Å². The van der Waals surface area contributed by atoms with Crippen LogP contribution in [0.4, 0.5) is 11.5 Å². The second kappa shape index (κ2) is 8.78. The van der Waals surface area contributed by atoms with Crippen LogP contribution < -0.4 is 10.2 Å². The van der Waals surface area contributed by atoms with Crippen molar-refractivity contribution in [1.29, 1.82) is 0 Å². The maximum Gasteiger partial charge on any atom is 0.226 e. The van der Waals surface area contributed by atoms with Gasteiger partial charge in [-0.15, -0.1) is 0 Å². The van der Waals surface area contributed by atoms with E-state index in [1.54, 1.807) is 6.33 Å². The van der Waals surface area contributed by atoms with Crippen LogP contribution in [-0.2, 0) is 6.54 Å². The van der Waals surface area contributed by atoms with E-state index in [9.17, 15) is 0 Å². The Morgan fingerprint density at radius 1 is 1.17 bits per heavy atom. The molecule has 0 aliphatic carbocycles. The van der Waals surface area contributed by atoms with Gasteiger partial charge in [0.15, 0.2) is 17.0 Å². The number of imidazole rings is 1. The molecule has 1 aromatic carbocycles. The summed E-state index contributed by atoms with van der Waals surface area (Å²) in [5.41, 5.74) is 4.03. The van der Waals surface area contributed by atoms with Crippen LogP contribution >= 0.6 is 11.6 Å². The highest BCUT2D eigenvalue weighted by atomic mass is 35.5. The van der Waals surface area contributed by atoms with Gasteiger partial charge in [0, 0.05) is 37.4 Å². The van der Waals surface area contributed by atoms with Gasteiger partial charge in [-0.05, 0) is 64.0 Å². The summed E-state index contributed by atoms with van der Waals surface area (Å²) in [4.78, 5) is 18.2. The van der Waals surface area contributed by atoms with Gasteiger partial charge in [-0.2, -0.15) is 9.97 Å². The van der Waals surface area contributed by atoms with Crippen molar-refractivity contribution in [2.75, 3.05) is 37.4 Å². The van der Waals surface area contributed by atoms with Crippen molar-refractivity contribution >= 4 is 34.3 Å². The molecular weight excluding hydrogens is 398 g/mol. The zero-order valence-electron chi connectivity index (χ0n) is 18.1. The molecule has 8 heteroatoms. The number of rotatable bonds is 6. The van der Waals surface area contributed by atoms with Gasteiger partial charge >= 0.3 is 0 Å². The zero-order valence-corrected chi connectivity index (χ0v) is 18.9. The second-order valence-electron chi connectivity index (χ2n) is 8.42. The standard InChI is InChI=1S/C22H30ClN7/c1-15(2)30-14-25-19-20(26-22(23)27-21(19)30)24-13-16-7-5-6-8-18(16)29-11-9-17(10-12-29)28(3)4/h5-8,14-15,17H,9-13H2,1-4H3,(H,24,26,27). The van der Waals surface area contributed by atoms with Crippen molar-refractivity contribution < 1.29 is 0 Å². The molecule has 0 spiro atoms. The first-order valence-electron chi connectivity index (χ1n) is 10.6. The lowest BCUT2D eigenvalue weighted by molar-refractivity contribution is 0.249. The quantitative estimate of drug-likeness (QED) is 0.595. The van der Waals surface area contributed by atoms with Crippen molar-refractivity contribution in [3.63, 3.8) is 0 Å². The lowest BCUT2D eigenvalue weighted by Crippen LogP contribution is -2.42. The summed E-state index contributed by atoms with van der Waals surface area (Å²) in [5, 5.41) is 3.69. The van der Waals surface area contributed by atoms with Gasteiger partial charge in [0.2, 0.25) is 5.28 Å². The van der Waals surface area contributed by atoms with Gasteiger partial charge in [-0.3, -0.25) is 0 Å². The molecule has 0 atom stereocenters. The predicted molar refractivity (Wildman–Crippen MR) is 123 cm³/mol. The van der Waals surface area contributed by atoms with E-state index in [2.05, 4.69) is 82.3 Å². The lowest BCUT2D eigenvalue weighted by Gasteiger charge is -2.37. The molecule has 0 bridgehead atoms. The minimum absolute atomic E-state index is 0.228. The number of hydrogen-bond acceptors (Lipinski definition) is 6. The Labute approximate surface area is 183 Å². The number of anilines is 2. The van der Waals surface area contributed by atoms with Crippen LogP contribution in [-0.4, -0.2) is 57.6 Å². The first-order valence-corrected chi connectivity index (χ1v) is 10.9. The van der Waals surface area contributed by atoms with Crippen LogP contribution in [0.2, 0.25) is 5.28 Å². The van der Waals surface area contributed by atoms with Gasteiger partial charge in [0.25, 0.3) is 0 Å². The van der Waals surface area contributed by atoms with E-state index in [0.717, 1.165) is 24.3 Å². The fourth-order valence-electron chi connectivity index (χ4n) is 4.16. The fourth-order valence-corrected chi connectivity index (χ4v) is 4.33. The SMILES string of the molecule is CC(C)n1cnc2c(NCc3ccccc3N3CCC(N(C)C)CC3)nc(Cl)nc21. The lowest BCUT2D eigenvalue weighted by atomic mass is 10.0. The minimum atomic E-state index is 0.228. The predicted octanol–water partition coefficient (Wildman–Crippen LogP) is 4.20. The number of benzene rings is 1. The summed E-state index contributed by atoms with van der Waals surface area (Å²) in [6.07, 6.45) is 4.17. The Bertz CT molecular complexity index is 1010. The van der Waals surface area contributed by atoms with E-state index in [1.165, 1.54) is 24.1 Å². The van der Waals surface area contributed by atoms with Crippen LogP contribution in [0, 0.1) is 0 Å². The Kier molecular flexibility index (Phi) is 6.11. The molecule has 1 N–H and O–H groups in total. The van der Waals surface area contributed by atoms with E-state index in [0.29, 0.717) is 18.4 Å². The summed E-state index contributed by atoms with van der Waals surface area (Å²) >= 11 is 6.22. The van der Waals surface area contributed by atoms with Gasteiger partial charge in [-0.25, -0.2) is 4.98 Å². The molecule has 4 rings (SSSR count). The zero-order chi connectivity index (χ0) is 21.3. The normalized spacial score (nSPS) is 15.5. The van der Waals surface area contributed by atoms with Crippen molar-refractivity contribution in [3.8, 4) is 0 Å². The summed E-state index contributed by atoms with van der Waals surface area (Å²) in [6, 6.07) is 9.50. The van der Waals surface area contributed by atoms with E-state index in [4.69, 9.17) is 11.6 Å². The Morgan fingerprint density at radius 3 is 2.60 bits per heavy atom. The van der Waals surface area contributed by atoms with E-state index in [-0.39, 0.29) is 11.3 Å². The van der Waals surface area contributed by atoms with Crippen LogP contribution in [0.15, 0.2) is 30.6 Å². The summed E-state index contributed by atoms with van der Waals surface area (Å²) in [5.74, 6) is 0.672. The molecule has 1 aliphatic heterocycles. The third-order valence-corrected chi connectivity index (χ3v) is 6.09. The number of para-hydroxylation sites is 1. The number of halogens is 1. The Hall–Kier alpha value is -2.38. The number of nitrogens with zero attached hydrogens (tertiary/aromatic N) is 6. The topological polar surface area (TPSA) is 62.1 Å². The number of aromatic nitrogens is 4. The summed E-state index contributed by atoms with van der Waals surface area (Å²) in [6.45, 7) is 6.99. The average molecular weight is 428 g/mol. The monoisotopic (exact) mass is 427 g/mol. The number of hydrogen-bond donors (Lipinski definition) is 1. The number of nitrogens with one attached hydrogen (secondary N) is 1. The van der Waals surface area contributed by atoms with Gasteiger partial charge in [0.05, 0.1) is 6.33 Å². The van der Waals surface area contributed by atoms with E-state index >= 15 is 0 Å². The third kappa shape index (κ3) is 4.23. The molecule has 2 aromatic heterocycles. The van der Waals surface area contributed by atoms with Crippen LogP contribution in [0.3, 0.4) is 0 Å². The highest BCUT2D eigenvalue weighted by Gasteiger charge is 2.22. The molecule has 160 valence electrons. The molecule has 1 saturated heterocycles. The molecule has 0 saturated carbocycles.